The minimum atomic E-state index is -0.640. The molecule has 0 saturated carbocycles. The van der Waals surface area contributed by atoms with Gasteiger partial charge in [-0.05, 0) is 66.3 Å². The van der Waals surface area contributed by atoms with Gasteiger partial charge in [0.2, 0.25) is 11.8 Å². The zero-order valence-electron chi connectivity index (χ0n) is 26.2. The van der Waals surface area contributed by atoms with Crippen LogP contribution in [0.1, 0.15) is 46.0 Å². The first kappa shape index (κ1) is 31.4. The molecule has 1 aliphatic heterocycles. The van der Waals surface area contributed by atoms with Crippen molar-refractivity contribution in [3.05, 3.63) is 130 Å². The molecule has 7 rings (SSSR count). The van der Waals surface area contributed by atoms with Gasteiger partial charge in [-0.1, -0.05) is 102 Å². The largest absolute Gasteiger partial charge is 0.454 e. The maximum absolute atomic E-state index is 13.6. The molecule has 5 aromatic rings. The number of anilines is 1. The average molecular weight is 700 g/mol. The number of ketones is 1. The molecule has 1 aliphatic carbocycles. The number of hydrogen-bond acceptors (Lipinski definition) is 6. The summed E-state index contributed by atoms with van der Waals surface area (Å²) in [6.07, 6.45) is 5.76. The summed E-state index contributed by atoms with van der Waals surface area (Å²) in [5, 5.41) is 0.607. The normalized spacial score (nSPS) is 17.1. The van der Waals surface area contributed by atoms with E-state index in [0.29, 0.717) is 52.7 Å². The van der Waals surface area contributed by atoms with Crippen LogP contribution in [0.15, 0.2) is 114 Å². The fourth-order valence-electron chi connectivity index (χ4n) is 6.55. The fourth-order valence-corrected chi connectivity index (χ4v) is 7.06. The van der Waals surface area contributed by atoms with Crippen LogP contribution in [0.4, 0.5) is 5.69 Å². The molecule has 2 atom stereocenters. The Bertz CT molecular complexity index is 2080. The fraction of sp³-hybridized carbons (Fsp3) is 0.175. The Morgan fingerprint density at radius 2 is 1.44 bits per heavy atom. The number of aromatic nitrogens is 1. The van der Waals surface area contributed by atoms with E-state index in [1.54, 1.807) is 42.5 Å². The number of pyridine rings is 1. The second-order valence-electron chi connectivity index (χ2n) is 12.0. The molecule has 2 amide bonds. The Hall–Kier alpha value is -5.21. The van der Waals surface area contributed by atoms with Crippen LogP contribution < -0.4 is 4.90 Å². The van der Waals surface area contributed by atoms with Crippen LogP contribution in [-0.2, 0) is 20.7 Å². The van der Waals surface area contributed by atoms with Crippen LogP contribution >= 0.6 is 15.9 Å². The quantitative estimate of drug-likeness (QED) is 0.0699. The molecule has 48 heavy (non-hydrogen) atoms. The number of benzene rings is 4. The summed E-state index contributed by atoms with van der Waals surface area (Å²) in [4.78, 5) is 59.2. The highest BCUT2D eigenvalue weighted by atomic mass is 79.9. The Labute approximate surface area is 286 Å². The molecule has 0 spiro atoms. The molecule has 0 radical (unpaired) electrons. The van der Waals surface area contributed by atoms with Crippen LogP contribution in [-0.4, -0.2) is 35.2 Å². The van der Waals surface area contributed by atoms with Gasteiger partial charge in [0.15, 0.2) is 12.4 Å². The lowest BCUT2D eigenvalue weighted by molar-refractivity contribution is -0.122. The summed E-state index contributed by atoms with van der Waals surface area (Å²) in [7, 11) is 0. The predicted octanol–water partition coefficient (Wildman–Crippen LogP) is 8.39. The maximum atomic E-state index is 13.6. The third-order valence-electron chi connectivity index (χ3n) is 9.14. The van der Waals surface area contributed by atoms with E-state index in [9.17, 15) is 19.2 Å². The SMILES string of the molecule is CCc1cc(Br)cc2c(C(=O)OCC(=O)c3ccc(-c4ccccc4)cc3)cc(-c3ccc(N4C(=O)C5CC=CCC5C4=O)cc3)nc12. The summed E-state index contributed by atoms with van der Waals surface area (Å²) in [5.41, 5.74) is 6.09. The van der Waals surface area contributed by atoms with Crippen LogP contribution in [0.3, 0.4) is 0 Å². The highest BCUT2D eigenvalue weighted by molar-refractivity contribution is 9.10. The molecule has 1 aromatic heterocycles. The zero-order valence-corrected chi connectivity index (χ0v) is 27.8. The lowest BCUT2D eigenvalue weighted by Crippen LogP contribution is -2.30. The Morgan fingerprint density at radius 1 is 0.812 bits per heavy atom. The van der Waals surface area contributed by atoms with Crippen molar-refractivity contribution in [2.45, 2.75) is 26.2 Å². The van der Waals surface area contributed by atoms with Crippen LogP contribution in [0.5, 0.6) is 0 Å². The molecule has 2 heterocycles. The highest BCUT2D eigenvalue weighted by Gasteiger charge is 2.47. The summed E-state index contributed by atoms with van der Waals surface area (Å²) in [6, 6.07) is 29.6. The van der Waals surface area contributed by atoms with Crippen molar-refractivity contribution in [2.75, 3.05) is 11.5 Å². The Balaban J connectivity index is 1.15. The van der Waals surface area contributed by atoms with E-state index >= 15 is 0 Å². The summed E-state index contributed by atoms with van der Waals surface area (Å²) < 4.78 is 6.41. The van der Waals surface area contributed by atoms with Crippen LogP contribution in [0.2, 0.25) is 0 Å². The van der Waals surface area contributed by atoms with E-state index < -0.39 is 12.6 Å². The molecule has 1 saturated heterocycles. The Kier molecular flexibility index (Phi) is 8.58. The molecule has 0 bridgehead atoms. The van der Waals surface area contributed by atoms with E-state index in [0.717, 1.165) is 21.2 Å². The van der Waals surface area contributed by atoms with Gasteiger partial charge in [0.25, 0.3) is 0 Å². The number of Topliss-reactive ketones (excluding diaryl/α,β-unsaturated/α-hetero) is 1. The number of ether oxygens (including phenoxy) is 1. The first-order valence-corrected chi connectivity index (χ1v) is 16.7. The molecular formula is C40H31BrN2O5. The first-order valence-electron chi connectivity index (χ1n) is 15.9. The number of rotatable bonds is 8. The lowest BCUT2D eigenvalue weighted by atomic mass is 9.85. The molecule has 4 aromatic carbocycles. The van der Waals surface area contributed by atoms with Gasteiger partial charge in [-0.15, -0.1) is 0 Å². The Morgan fingerprint density at radius 3 is 2.08 bits per heavy atom. The zero-order chi connectivity index (χ0) is 33.4. The van der Waals surface area contributed by atoms with Crippen LogP contribution in [0.25, 0.3) is 33.3 Å². The van der Waals surface area contributed by atoms with Gasteiger partial charge in [0.1, 0.15) is 0 Å². The second-order valence-corrected chi connectivity index (χ2v) is 12.9. The standard InChI is InChI=1S/C40H31BrN2O5/c1-2-24-20-29(41)21-33-34(40(47)48-23-36(44)28-14-12-26(13-15-28)25-8-4-3-5-9-25)22-35(42-37(24)33)27-16-18-30(19-17-27)43-38(45)31-10-6-7-11-32(31)39(43)46/h3-9,12-22,31-32H,2,10-11,23H2,1H3. The third kappa shape index (κ3) is 5.88. The molecule has 2 aliphatic rings. The van der Waals surface area contributed by atoms with E-state index in [-0.39, 0.29) is 35.0 Å². The van der Waals surface area contributed by atoms with Gasteiger partial charge < -0.3 is 4.74 Å². The number of amides is 2. The molecule has 7 nitrogen and oxygen atoms in total. The van der Waals surface area contributed by atoms with Gasteiger partial charge in [-0.2, -0.15) is 0 Å². The number of nitrogens with zero attached hydrogens (tertiary/aromatic N) is 2. The predicted molar refractivity (Wildman–Crippen MR) is 189 cm³/mol. The molecule has 0 N–H and O–H groups in total. The van der Waals surface area contributed by atoms with Crippen molar-refractivity contribution < 1.29 is 23.9 Å². The third-order valence-corrected chi connectivity index (χ3v) is 9.59. The number of esters is 1. The van der Waals surface area contributed by atoms with Gasteiger partial charge in [0.05, 0.1) is 34.3 Å². The van der Waals surface area contributed by atoms with Gasteiger partial charge >= 0.3 is 5.97 Å². The number of fused-ring (bicyclic) bond motifs is 2. The van der Waals surface area contributed by atoms with E-state index in [1.807, 2.05) is 73.7 Å². The summed E-state index contributed by atoms with van der Waals surface area (Å²) >= 11 is 3.56. The number of hydrogen-bond donors (Lipinski definition) is 0. The number of carbonyl (C=O) groups excluding carboxylic acids is 4. The number of halogens is 1. The summed E-state index contributed by atoms with van der Waals surface area (Å²) in [5.74, 6) is -1.92. The monoisotopic (exact) mass is 698 g/mol. The number of imide groups is 1. The smallest absolute Gasteiger partial charge is 0.339 e. The second kappa shape index (κ2) is 13.1. The van der Waals surface area contributed by atoms with E-state index in [1.165, 1.54) is 4.90 Å². The molecule has 1 fully saturated rings. The van der Waals surface area contributed by atoms with E-state index in [2.05, 4.69) is 15.9 Å². The highest BCUT2D eigenvalue weighted by Crippen LogP contribution is 2.38. The van der Waals surface area contributed by atoms with Crippen molar-refractivity contribution in [3.63, 3.8) is 0 Å². The van der Waals surface area contributed by atoms with Crippen molar-refractivity contribution in [3.8, 4) is 22.4 Å². The van der Waals surface area contributed by atoms with Crippen molar-refractivity contribution >= 4 is 56.1 Å². The minimum absolute atomic E-state index is 0.171. The average Bonchev–Trinajstić information content (AvgIpc) is 3.39. The van der Waals surface area contributed by atoms with Gasteiger partial charge in [-0.25, -0.2) is 9.78 Å². The number of carbonyl (C=O) groups is 4. The van der Waals surface area contributed by atoms with Crippen molar-refractivity contribution in [1.29, 1.82) is 0 Å². The molecule has 8 heteroatoms. The topological polar surface area (TPSA) is 93.6 Å². The first-order chi connectivity index (χ1) is 23.3. The minimum Gasteiger partial charge on any atom is -0.454 e. The number of aryl methyl sites for hydroxylation is 1. The molecule has 2 unspecified atom stereocenters. The van der Waals surface area contributed by atoms with E-state index in [4.69, 9.17) is 9.72 Å². The van der Waals surface area contributed by atoms with Crippen LogP contribution in [0, 0.1) is 11.8 Å². The number of allylic oxidation sites excluding steroid dienone is 2. The van der Waals surface area contributed by atoms with Gasteiger partial charge in [0, 0.05) is 21.0 Å². The van der Waals surface area contributed by atoms with Gasteiger partial charge in [-0.3, -0.25) is 19.3 Å². The van der Waals surface area contributed by atoms with Crippen molar-refractivity contribution in [2.24, 2.45) is 11.8 Å². The maximum Gasteiger partial charge on any atom is 0.339 e. The molecular weight excluding hydrogens is 668 g/mol. The van der Waals surface area contributed by atoms with Crippen molar-refractivity contribution in [1.82, 2.24) is 4.98 Å². The molecule has 238 valence electrons. The summed E-state index contributed by atoms with van der Waals surface area (Å²) in [6.45, 7) is 1.60. The lowest BCUT2D eigenvalue weighted by Gasteiger charge is -2.16.